The zero-order valence-electron chi connectivity index (χ0n) is 17.7. The molecular formula is C25H21BrN4O2. The number of nitrogens with zero attached hydrogens (tertiary/aromatic N) is 3. The molecule has 2 aromatic carbocycles. The molecule has 0 atom stereocenters. The first kappa shape index (κ1) is 21.6. The van der Waals surface area contributed by atoms with Gasteiger partial charge in [-0.15, -0.1) is 0 Å². The van der Waals surface area contributed by atoms with Crippen LogP contribution in [0.1, 0.15) is 15.9 Å². The Kier molecular flexibility index (Phi) is 6.28. The van der Waals surface area contributed by atoms with Crippen LogP contribution in [-0.2, 0) is 4.79 Å². The number of amides is 2. The van der Waals surface area contributed by atoms with Crippen molar-refractivity contribution in [2.75, 3.05) is 18.9 Å². The SMILES string of the molecule is Cc1cc(Br)ccc1NC(=O)CN(C)C(=O)c1cc(-c2ccncc2)nc2ccccc12. The van der Waals surface area contributed by atoms with Crippen molar-refractivity contribution in [3.63, 3.8) is 0 Å². The molecule has 0 aliphatic heterocycles. The molecule has 0 aliphatic rings. The summed E-state index contributed by atoms with van der Waals surface area (Å²) in [6, 6.07) is 18.6. The van der Waals surface area contributed by atoms with Gasteiger partial charge < -0.3 is 10.2 Å². The average Bonchev–Trinajstić information content (AvgIpc) is 2.80. The number of para-hydroxylation sites is 1. The van der Waals surface area contributed by atoms with Gasteiger partial charge in [0.2, 0.25) is 5.91 Å². The van der Waals surface area contributed by atoms with Crippen LogP contribution < -0.4 is 5.32 Å². The maximum absolute atomic E-state index is 13.3. The highest BCUT2D eigenvalue weighted by Crippen LogP contribution is 2.25. The van der Waals surface area contributed by atoms with Crippen molar-refractivity contribution in [2.24, 2.45) is 0 Å². The van der Waals surface area contributed by atoms with Crippen LogP contribution in [0.2, 0.25) is 0 Å². The molecule has 0 fully saturated rings. The summed E-state index contributed by atoms with van der Waals surface area (Å²) in [7, 11) is 1.62. The zero-order valence-corrected chi connectivity index (χ0v) is 19.3. The number of nitrogens with one attached hydrogen (secondary N) is 1. The van der Waals surface area contributed by atoms with Crippen LogP contribution in [0.3, 0.4) is 0 Å². The number of halogens is 1. The number of carbonyl (C=O) groups excluding carboxylic acids is 2. The van der Waals surface area contributed by atoms with Crippen LogP contribution in [0, 0.1) is 6.92 Å². The second-order valence-corrected chi connectivity index (χ2v) is 8.39. The number of fused-ring (bicyclic) bond motifs is 1. The number of pyridine rings is 2. The third-order valence-electron chi connectivity index (χ3n) is 5.11. The number of aryl methyl sites for hydroxylation is 1. The van der Waals surface area contributed by atoms with E-state index in [1.807, 2.05) is 61.5 Å². The van der Waals surface area contributed by atoms with E-state index in [0.29, 0.717) is 22.5 Å². The van der Waals surface area contributed by atoms with Crippen molar-refractivity contribution < 1.29 is 9.59 Å². The second kappa shape index (κ2) is 9.28. The minimum Gasteiger partial charge on any atom is -0.332 e. The fraction of sp³-hybridized carbons (Fsp3) is 0.120. The van der Waals surface area contributed by atoms with E-state index in [4.69, 9.17) is 4.98 Å². The number of aromatic nitrogens is 2. The molecule has 6 nitrogen and oxygen atoms in total. The minimum absolute atomic E-state index is 0.0738. The third kappa shape index (κ3) is 4.68. The van der Waals surface area contributed by atoms with E-state index in [1.54, 1.807) is 25.5 Å². The first-order valence-corrected chi connectivity index (χ1v) is 10.8. The molecule has 4 rings (SSSR count). The van der Waals surface area contributed by atoms with Crippen LogP contribution in [0.5, 0.6) is 0 Å². The molecule has 2 amide bonds. The fourth-order valence-corrected chi connectivity index (χ4v) is 3.95. The number of anilines is 1. The number of benzene rings is 2. The van der Waals surface area contributed by atoms with Gasteiger partial charge in [0.05, 0.1) is 23.3 Å². The van der Waals surface area contributed by atoms with E-state index >= 15 is 0 Å². The Morgan fingerprint density at radius 3 is 2.53 bits per heavy atom. The van der Waals surface area contributed by atoms with Gasteiger partial charge in [-0.05, 0) is 55.0 Å². The van der Waals surface area contributed by atoms with Crippen LogP contribution in [0.25, 0.3) is 22.2 Å². The largest absolute Gasteiger partial charge is 0.332 e. The van der Waals surface area contributed by atoms with Gasteiger partial charge in [0.25, 0.3) is 5.91 Å². The highest BCUT2D eigenvalue weighted by Gasteiger charge is 2.19. The average molecular weight is 489 g/mol. The number of hydrogen-bond acceptors (Lipinski definition) is 4. The molecule has 0 bridgehead atoms. The van der Waals surface area contributed by atoms with Crippen molar-refractivity contribution in [3.8, 4) is 11.3 Å². The summed E-state index contributed by atoms with van der Waals surface area (Å²) in [5, 5.41) is 3.62. The van der Waals surface area contributed by atoms with E-state index in [9.17, 15) is 9.59 Å². The molecule has 2 heterocycles. The van der Waals surface area contributed by atoms with E-state index in [0.717, 1.165) is 21.0 Å². The summed E-state index contributed by atoms with van der Waals surface area (Å²) in [4.78, 5) is 36.1. The highest BCUT2D eigenvalue weighted by atomic mass is 79.9. The third-order valence-corrected chi connectivity index (χ3v) is 5.61. The van der Waals surface area contributed by atoms with Gasteiger partial charge in [-0.3, -0.25) is 14.6 Å². The summed E-state index contributed by atoms with van der Waals surface area (Å²) in [5.41, 5.74) is 4.41. The number of rotatable bonds is 5. The zero-order chi connectivity index (χ0) is 22.7. The Balaban J connectivity index is 1.60. The Hall–Kier alpha value is -3.58. The van der Waals surface area contributed by atoms with Gasteiger partial charge in [0.15, 0.2) is 0 Å². The topological polar surface area (TPSA) is 75.2 Å². The molecule has 160 valence electrons. The Morgan fingerprint density at radius 2 is 1.78 bits per heavy atom. The van der Waals surface area contributed by atoms with Gasteiger partial charge >= 0.3 is 0 Å². The summed E-state index contributed by atoms with van der Waals surface area (Å²) in [6.07, 6.45) is 3.38. The van der Waals surface area contributed by atoms with Crippen molar-refractivity contribution >= 4 is 44.3 Å². The molecule has 32 heavy (non-hydrogen) atoms. The molecule has 0 unspecified atom stereocenters. The highest BCUT2D eigenvalue weighted by molar-refractivity contribution is 9.10. The lowest BCUT2D eigenvalue weighted by Gasteiger charge is -2.19. The molecule has 0 saturated heterocycles. The van der Waals surface area contributed by atoms with E-state index in [2.05, 4.69) is 26.2 Å². The smallest absolute Gasteiger partial charge is 0.254 e. The van der Waals surface area contributed by atoms with Gasteiger partial charge in [-0.2, -0.15) is 0 Å². The van der Waals surface area contributed by atoms with Crippen LogP contribution in [0.4, 0.5) is 5.69 Å². The fourth-order valence-electron chi connectivity index (χ4n) is 3.47. The summed E-state index contributed by atoms with van der Waals surface area (Å²) >= 11 is 3.42. The van der Waals surface area contributed by atoms with Gasteiger partial charge in [0, 0.05) is 40.6 Å². The van der Waals surface area contributed by atoms with Crippen molar-refractivity contribution in [3.05, 3.63) is 88.7 Å². The molecule has 1 N–H and O–H groups in total. The van der Waals surface area contributed by atoms with Crippen molar-refractivity contribution in [1.82, 2.24) is 14.9 Å². The minimum atomic E-state index is -0.265. The normalized spacial score (nSPS) is 10.7. The quantitative estimate of drug-likeness (QED) is 0.425. The Labute approximate surface area is 194 Å². The van der Waals surface area contributed by atoms with E-state index in [-0.39, 0.29) is 18.4 Å². The van der Waals surface area contributed by atoms with E-state index < -0.39 is 0 Å². The molecule has 4 aromatic rings. The summed E-state index contributed by atoms with van der Waals surface area (Å²) < 4.78 is 0.940. The first-order chi connectivity index (χ1) is 15.4. The lowest BCUT2D eigenvalue weighted by Crippen LogP contribution is -2.35. The molecule has 0 radical (unpaired) electrons. The molecule has 2 aromatic heterocycles. The van der Waals surface area contributed by atoms with E-state index in [1.165, 1.54) is 4.90 Å². The number of carbonyl (C=O) groups is 2. The summed E-state index contributed by atoms with van der Waals surface area (Å²) in [6.45, 7) is 1.84. The number of likely N-dealkylation sites (N-methyl/N-ethyl adjacent to an activating group) is 1. The van der Waals surface area contributed by atoms with Crippen molar-refractivity contribution in [2.45, 2.75) is 6.92 Å². The monoisotopic (exact) mass is 488 g/mol. The first-order valence-electron chi connectivity index (χ1n) is 10.0. The number of hydrogen-bond donors (Lipinski definition) is 1. The maximum atomic E-state index is 13.3. The predicted octanol–water partition coefficient (Wildman–Crippen LogP) is 5.08. The van der Waals surface area contributed by atoms with Gasteiger partial charge in [-0.1, -0.05) is 34.1 Å². The molecule has 0 saturated carbocycles. The Morgan fingerprint density at radius 1 is 1.03 bits per heavy atom. The molecule has 0 aliphatic carbocycles. The van der Waals surface area contributed by atoms with Crippen molar-refractivity contribution in [1.29, 1.82) is 0 Å². The Bertz CT molecular complexity index is 1310. The second-order valence-electron chi connectivity index (χ2n) is 7.48. The van der Waals surface area contributed by atoms with Gasteiger partial charge in [0.1, 0.15) is 0 Å². The summed E-state index contributed by atoms with van der Waals surface area (Å²) in [5.74, 6) is -0.513. The van der Waals surface area contributed by atoms with Crippen LogP contribution in [0.15, 0.2) is 77.5 Å². The van der Waals surface area contributed by atoms with Crippen LogP contribution >= 0.6 is 15.9 Å². The van der Waals surface area contributed by atoms with Crippen LogP contribution in [-0.4, -0.2) is 40.3 Å². The lowest BCUT2D eigenvalue weighted by molar-refractivity contribution is -0.116. The molecule has 7 heteroatoms. The maximum Gasteiger partial charge on any atom is 0.254 e. The van der Waals surface area contributed by atoms with Gasteiger partial charge in [-0.25, -0.2) is 4.98 Å². The molecular weight excluding hydrogens is 468 g/mol. The predicted molar refractivity (Wildman–Crippen MR) is 129 cm³/mol. The lowest BCUT2D eigenvalue weighted by atomic mass is 10.0. The molecule has 0 spiro atoms. The standard InChI is InChI=1S/C25H21BrN4O2/c1-16-13-18(26)7-8-21(16)29-24(31)15-30(2)25(32)20-14-23(17-9-11-27-12-10-17)28-22-6-4-3-5-19(20)22/h3-14H,15H2,1-2H3,(H,29,31).